The van der Waals surface area contributed by atoms with Gasteiger partial charge in [-0.05, 0) is 31.6 Å². The number of ether oxygens (including phenoxy) is 1. The molecule has 0 aromatic carbocycles. The number of esters is 1. The van der Waals surface area contributed by atoms with E-state index >= 15 is 0 Å². The first kappa shape index (κ1) is 13.5. The Labute approximate surface area is 98.2 Å². The highest BCUT2D eigenvalue weighted by atomic mass is 16.5. The summed E-state index contributed by atoms with van der Waals surface area (Å²) in [4.78, 5) is 11.8. The largest absolute Gasteiger partial charge is 0.464 e. The van der Waals surface area contributed by atoms with Crippen molar-refractivity contribution in [2.75, 3.05) is 6.61 Å². The van der Waals surface area contributed by atoms with Gasteiger partial charge in [0.1, 0.15) is 0 Å². The normalized spacial score (nSPS) is 22.0. The summed E-state index contributed by atoms with van der Waals surface area (Å²) in [6, 6.07) is 0. The van der Waals surface area contributed by atoms with E-state index in [0.29, 0.717) is 18.9 Å². The van der Waals surface area contributed by atoms with Crippen LogP contribution in [0.5, 0.6) is 0 Å². The standard InChI is InChI=1S/C13H24O3/c1-4-13(15,12(14)16-5-2)10(3)9-11-7-6-8-11/h10-11,15H,4-9H2,1-3H3. The molecule has 0 amide bonds. The molecule has 0 spiro atoms. The van der Waals surface area contributed by atoms with Gasteiger partial charge in [-0.15, -0.1) is 0 Å². The minimum Gasteiger partial charge on any atom is -0.464 e. The van der Waals surface area contributed by atoms with E-state index in [1.807, 2.05) is 13.8 Å². The number of carbonyl (C=O) groups is 1. The number of hydrogen-bond donors (Lipinski definition) is 1. The predicted molar refractivity (Wildman–Crippen MR) is 63.0 cm³/mol. The van der Waals surface area contributed by atoms with E-state index in [2.05, 4.69) is 0 Å². The molecule has 0 radical (unpaired) electrons. The van der Waals surface area contributed by atoms with Gasteiger partial charge in [0.05, 0.1) is 6.61 Å². The summed E-state index contributed by atoms with van der Waals surface area (Å²) in [7, 11) is 0. The average molecular weight is 228 g/mol. The molecule has 16 heavy (non-hydrogen) atoms. The molecule has 1 fully saturated rings. The summed E-state index contributed by atoms with van der Waals surface area (Å²) in [6.45, 7) is 5.90. The summed E-state index contributed by atoms with van der Waals surface area (Å²) >= 11 is 0. The summed E-state index contributed by atoms with van der Waals surface area (Å²) < 4.78 is 4.96. The molecule has 2 atom stereocenters. The van der Waals surface area contributed by atoms with Crippen LogP contribution in [-0.4, -0.2) is 23.3 Å². The van der Waals surface area contributed by atoms with Crippen molar-refractivity contribution in [1.82, 2.24) is 0 Å². The van der Waals surface area contributed by atoms with Crippen molar-refractivity contribution in [3.8, 4) is 0 Å². The fourth-order valence-corrected chi connectivity index (χ4v) is 2.37. The Kier molecular flexibility index (Phi) is 4.78. The van der Waals surface area contributed by atoms with E-state index in [4.69, 9.17) is 4.74 Å². The van der Waals surface area contributed by atoms with Crippen molar-refractivity contribution < 1.29 is 14.6 Å². The van der Waals surface area contributed by atoms with E-state index in [1.54, 1.807) is 6.92 Å². The molecule has 0 aliphatic heterocycles. The van der Waals surface area contributed by atoms with E-state index in [1.165, 1.54) is 19.3 Å². The second-order valence-electron chi connectivity index (χ2n) is 4.93. The second kappa shape index (κ2) is 5.67. The van der Waals surface area contributed by atoms with Crippen molar-refractivity contribution in [2.45, 2.75) is 58.5 Å². The Hall–Kier alpha value is -0.570. The fourth-order valence-electron chi connectivity index (χ4n) is 2.37. The van der Waals surface area contributed by atoms with Crippen molar-refractivity contribution in [3.63, 3.8) is 0 Å². The topological polar surface area (TPSA) is 46.5 Å². The molecular formula is C13H24O3. The molecule has 2 unspecified atom stereocenters. The molecule has 3 nitrogen and oxygen atoms in total. The quantitative estimate of drug-likeness (QED) is 0.711. The average Bonchev–Trinajstić information content (AvgIpc) is 2.22. The molecule has 3 heteroatoms. The van der Waals surface area contributed by atoms with Crippen molar-refractivity contribution in [1.29, 1.82) is 0 Å². The minimum absolute atomic E-state index is 0.0122. The molecule has 0 saturated heterocycles. The zero-order chi connectivity index (χ0) is 12.2. The lowest BCUT2D eigenvalue weighted by molar-refractivity contribution is -0.172. The zero-order valence-corrected chi connectivity index (χ0v) is 10.7. The van der Waals surface area contributed by atoms with Gasteiger partial charge in [0.25, 0.3) is 0 Å². The van der Waals surface area contributed by atoms with Crippen LogP contribution in [0.3, 0.4) is 0 Å². The van der Waals surface area contributed by atoms with Gasteiger partial charge >= 0.3 is 5.97 Å². The highest BCUT2D eigenvalue weighted by Crippen LogP contribution is 2.37. The predicted octanol–water partition coefficient (Wildman–Crippen LogP) is 2.52. The molecule has 0 bridgehead atoms. The van der Waals surface area contributed by atoms with Gasteiger partial charge < -0.3 is 9.84 Å². The number of hydrogen-bond acceptors (Lipinski definition) is 3. The van der Waals surface area contributed by atoms with Crippen LogP contribution in [0.1, 0.15) is 52.9 Å². The monoisotopic (exact) mass is 228 g/mol. The third-order valence-corrected chi connectivity index (χ3v) is 3.89. The third-order valence-electron chi connectivity index (χ3n) is 3.89. The van der Waals surface area contributed by atoms with Crippen LogP contribution >= 0.6 is 0 Å². The molecule has 1 rings (SSSR count). The highest BCUT2D eigenvalue weighted by molar-refractivity contribution is 5.79. The second-order valence-corrected chi connectivity index (χ2v) is 4.93. The first-order valence-electron chi connectivity index (χ1n) is 6.44. The van der Waals surface area contributed by atoms with Crippen LogP contribution in [-0.2, 0) is 9.53 Å². The fraction of sp³-hybridized carbons (Fsp3) is 0.923. The molecule has 0 aromatic rings. The lowest BCUT2D eigenvalue weighted by atomic mass is 9.74. The Bertz CT molecular complexity index is 235. The summed E-state index contributed by atoms with van der Waals surface area (Å²) in [5, 5.41) is 10.4. The van der Waals surface area contributed by atoms with Crippen LogP contribution in [0.25, 0.3) is 0 Å². The van der Waals surface area contributed by atoms with Gasteiger partial charge in [0, 0.05) is 0 Å². The Morgan fingerprint density at radius 3 is 2.50 bits per heavy atom. The molecule has 1 aliphatic rings. The van der Waals surface area contributed by atoms with Gasteiger partial charge in [-0.1, -0.05) is 33.1 Å². The Morgan fingerprint density at radius 1 is 1.50 bits per heavy atom. The molecule has 0 aromatic heterocycles. The van der Waals surface area contributed by atoms with Crippen LogP contribution in [0.2, 0.25) is 0 Å². The lowest BCUT2D eigenvalue weighted by Gasteiger charge is -2.35. The molecule has 0 heterocycles. The Balaban J connectivity index is 2.57. The lowest BCUT2D eigenvalue weighted by Crippen LogP contribution is -2.46. The van der Waals surface area contributed by atoms with E-state index in [0.717, 1.165) is 6.42 Å². The van der Waals surface area contributed by atoms with E-state index in [9.17, 15) is 9.90 Å². The smallest absolute Gasteiger partial charge is 0.338 e. The summed E-state index contributed by atoms with van der Waals surface area (Å²) in [5.41, 5.74) is -1.29. The van der Waals surface area contributed by atoms with Crippen LogP contribution in [0.4, 0.5) is 0 Å². The Morgan fingerprint density at radius 2 is 2.12 bits per heavy atom. The van der Waals surface area contributed by atoms with Gasteiger partial charge in [0.2, 0.25) is 0 Å². The first-order valence-corrected chi connectivity index (χ1v) is 6.44. The SMILES string of the molecule is CCOC(=O)C(O)(CC)C(C)CC1CCC1. The number of aliphatic hydroxyl groups is 1. The van der Waals surface area contributed by atoms with Gasteiger partial charge in [-0.3, -0.25) is 0 Å². The summed E-state index contributed by atoms with van der Waals surface area (Å²) in [5.74, 6) is 0.230. The highest BCUT2D eigenvalue weighted by Gasteiger charge is 2.42. The van der Waals surface area contributed by atoms with Crippen molar-refractivity contribution >= 4 is 5.97 Å². The maximum absolute atomic E-state index is 11.8. The van der Waals surface area contributed by atoms with Crippen LogP contribution in [0, 0.1) is 11.8 Å². The zero-order valence-electron chi connectivity index (χ0n) is 10.7. The van der Waals surface area contributed by atoms with Crippen molar-refractivity contribution in [2.24, 2.45) is 11.8 Å². The van der Waals surface area contributed by atoms with Gasteiger partial charge in [-0.25, -0.2) is 4.79 Å². The first-order chi connectivity index (χ1) is 7.54. The maximum Gasteiger partial charge on any atom is 0.338 e. The van der Waals surface area contributed by atoms with Gasteiger partial charge in [-0.2, -0.15) is 0 Å². The third kappa shape index (κ3) is 2.76. The number of carbonyl (C=O) groups excluding carboxylic acids is 1. The van der Waals surface area contributed by atoms with Crippen LogP contribution in [0.15, 0.2) is 0 Å². The minimum atomic E-state index is -1.29. The van der Waals surface area contributed by atoms with Gasteiger partial charge in [0.15, 0.2) is 5.60 Å². The molecule has 1 N–H and O–H groups in total. The summed E-state index contributed by atoms with van der Waals surface area (Å²) in [6.07, 6.45) is 5.14. The van der Waals surface area contributed by atoms with E-state index < -0.39 is 11.6 Å². The molecular weight excluding hydrogens is 204 g/mol. The van der Waals surface area contributed by atoms with Crippen LogP contribution < -0.4 is 0 Å². The number of rotatable bonds is 6. The van der Waals surface area contributed by atoms with Crippen molar-refractivity contribution in [3.05, 3.63) is 0 Å². The molecule has 1 saturated carbocycles. The maximum atomic E-state index is 11.8. The molecule has 1 aliphatic carbocycles. The molecule has 94 valence electrons. The van der Waals surface area contributed by atoms with E-state index in [-0.39, 0.29) is 5.92 Å².